The molecule has 0 N–H and O–H groups in total. The first kappa shape index (κ1) is 19.6. The molecular formula is C25H21ClN2O3. The molecule has 0 saturated heterocycles. The Morgan fingerprint density at radius 1 is 1.10 bits per heavy atom. The second kappa shape index (κ2) is 8.44. The summed E-state index contributed by atoms with van der Waals surface area (Å²) in [4.78, 5) is 13.2. The highest BCUT2D eigenvalue weighted by Gasteiger charge is 2.44. The summed E-state index contributed by atoms with van der Waals surface area (Å²) < 4.78 is 11.2. The summed E-state index contributed by atoms with van der Waals surface area (Å²) in [7, 11) is 0. The molecule has 0 bridgehead atoms. The number of amides is 1. The van der Waals surface area contributed by atoms with E-state index in [1.165, 1.54) is 0 Å². The van der Waals surface area contributed by atoms with E-state index < -0.39 is 0 Å². The van der Waals surface area contributed by atoms with Crippen LogP contribution in [-0.4, -0.2) is 16.6 Å². The third-order valence-electron chi connectivity index (χ3n) is 5.71. The van der Waals surface area contributed by atoms with Crippen LogP contribution < -0.4 is 0 Å². The SMILES string of the molecule is O=C(/C=C/c1ccc(Cl)cc1)N1N=C2/C(=C/c3ccco3)CCC[C@@H]2[C@H]1c1ccco1. The maximum absolute atomic E-state index is 13.2. The van der Waals surface area contributed by atoms with Crippen LogP contribution in [0.5, 0.6) is 0 Å². The second-order valence-corrected chi connectivity index (χ2v) is 8.13. The zero-order chi connectivity index (χ0) is 21.2. The van der Waals surface area contributed by atoms with Gasteiger partial charge < -0.3 is 8.83 Å². The Hall–Kier alpha value is -3.31. The fraction of sp³-hybridized carbons (Fsp3) is 0.200. The summed E-state index contributed by atoms with van der Waals surface area (Å²) in [6.45, 7) is 0. The number of furan rings is 2. The number of carbonyl (C=O) groups excluding carboxylic acids is 1. The van der Waals surface area contributed by atoms with Crippen LogP contribution in [0.1, 0.15) is 42.4 Å². The molecule has 3 heterocycles. The molecule has 5 nitrogen and oxygen atoms in total. The first-order valence-corrected chi connectivity index (χ1v) is 10.7. The molecule has 1 aromatic carbocycles. The standard InChI is InChI=1S/C25H21ClN2O3/c26-19-11-8-17(9-12-19)10-13-23(29)28-25(22-7-3-15-31-22)21-6-1-4-18(24(21)27-28)16-20-5-2-14-30-20/h2-3,5,7-16,21,25H,1,4,6H2/b13-10+,18-16+/t21-,25-/m0/s1. The van der Waals surface area contributed by atoms with Crippen LogP contribution >= 0.6 is 11.6 Å². The van der Waals surface area contributed by atoms with Crippen LogP contribution in [0.15, 0.2) is 86.6 Å². The minimum absolute atomic E-state index is 0.0917. The minimum atomic E-state index is -0.257. The molecule has 0 radical (unpaired) electrons. The van der Waals surface area contributed by atoms with Crippen LogP contribution in [0.3, 0.4) is 0 Å². The van der Waals surface area contributed by atoms with Gasteiger partial charge in [0.1, 0.15) is 17.6 Å². The van der Waals surface area contributed by atoms with Gasteiger partial charge in [-0.15, -0.1) is 0 Å². The molecular weight excluding hydrogens is 412 g/mol. The smallest absolute Gasteiger partial charge is 0.267 e. The van der Waals surface area contributed by atoms with Gasteiger partial charge in [-0.2, -0.15) is 5.10 Å². The number of fused-ring (bicyclic) bond motifs is 1. The third kappa shape index (κ3) is 4.01. The van der Waals surface area contributed by atoms with Crippen molar-refractivity contribution in [3.05, 3.63) is 94.8 Å². The minimum Gasteiger partial charge on any atom is -0.467 e. The van der Waals surface area contributed by atoms with Gasteiger partial charge >= 0.3 is 0 Å². The molecule has 1 aliphatic heterocycles. The Kier molecular flexibility index (Phi) is 5.35. The van der Waals surface area contributed by atoms with E-state index in [1.807, 2.05) is 42.5 Å². The van der Waals surface area contributed by atoms with Gasteiger partial charge in [-0.1, -0.05) is 23.7 Å². The number of benzene rings is 1. The van der Waals surface area contributed by atoms with Crippen molar-refractivity contribution in [1.29, 1.82) is 0 Å². The Morgan fingerprint density at radius 2 is 1.90 bits per heavy atom. The zero-order valence-corrected chi connectivity index (χ0v) is 17.5. The van der Waals surface area contributed by atoms with Crippen molar-refractivity contribution in [2.75, 3.05) is 0 Å². The molecule has 31 heavy (non-hydrogen) atoms. The highest BCUT2D eigenvalue weighted by molar-refractivity contribution is 6.30. The van der Waals surface area contributed by atoms with Crippen LogP contribution in [0.4, 0.5) is 0 Å². The Morgan fingerprint density at radius 3 is 2.65 bits per heavy atom. The predicted molar refractivity (Wildman–Crippen MR) is 120 cm³/mol. The summed E-state index contributed by atoms with van der Waals surface area (Å²) in [5.74, 6) is 1.45. The Bertz CT molecular complexity index is 1140. The van der Waals surface area contributed by atoms with Crippen molar-refractivity contribution in [3.8, 4) is 0 Å². The lowest BCUT2D eigenvalue weighted by molar-refractivity contribution is -0.128. The second-order valence-electron chi connectivity index (χ2n) is 7.70. The molecule has 3 aromatic rings. The van der Waals surface area contributed by atoms with E-state index in [9.17, 15) is 4.79 Å². The van der Waals surface area contributed by atoms with Crippen LogP contribution in [0, 0.1) is 5.92 Å². The molecule has 0 unspecified atom stereocenters. The molecule has 1 aliphatic carbocycles. The summed E-state index contributed by atoms with van der Waals surface area (Å²) in [6.07, 6.45) is 11.5. The van der Waals surface area contributed by atoms with Crippen molar-refractivity contribution in [3.63, 3.8) is 0 Å². The molecule has 1 amide bonds. The topological polar surface area (TPSA) is 59.0 Å². The number of hydrogen-bond acceptors (Lipinski definition) is 4. The van der Waals surface area contributed by atoms with Gasteiger partial charge in [0.2, 0.25) is 0 Å². The largest absolute Gasteiger partial charge is 0.467 e. The molecule has 2 atom stereocenters. The van der Waals surface area contributed by atoms with Gasteiger partial charge in [0.25, 0.3) is 5.91 Å². The number of rotatable bonds is 4. The van der Waals surface area contributed by atoms with Crippen LogP contribution in [-0.2, 0) is 4.79 Å². The van der Waals surface area contributed by atoms with Gasteiger partial charge in [0.15, 0.2) is 0 Å². The summed E-state index contributed by atoms with van der Waals surface area (Å²) in [5, 5.41) is 7.02. The highest BCUT2D eigenvalue weighted by Crippen LogP contribution is 2.44. The average molecular weight is 433 g/mol. The van der Waals surface area contributed by atoms with Gasteiger partial charge in [0, 0.05) is 17.0 Å². The van der Waals surface area contributed by atoms with E-state index in [2.05, 4.69) is 0 Å². The van der Waals surface area contributed by atoms with E-state index in [1.54, 1.807) is 41.8 Å². The lowest BCUT2D eigenvalue weighted by Crippen LogP contribution is -2.30. The molecule has 156 valence electrons. The summed E-state index contributed by atoms with van der Waals surface area (Å²) in [6, 6.07) is 14.6. The van der Waals surface area contributed by atoms with E-state index in [4.69, 9.17) is 25.5 Å². The van der Waals surface area contributed by atoms with E-state index >= 15 is 0 Å². The third-order valence-corrected chi connectivity index (χ3v) is 5.96. The molecule has 2 aliphatic rings. The van der Waals surface area contributed by atoms with Gasteiger partial charge in [0.05, 0.1) is 18.2 Å². The number of halogens is 1. The molecule has 5 rings (SSSR count). The lowest BCUT2D eigenvalue weighted by Gasteiger charge is -2.27. The van der Waals surface area contributed by atoms with Crippen molar-refractivity contribution in [2.24, 2.45) is 11.0 Å². The first-order valence-electron chi connectivity index (χ1n) is 10.3. The van der Waals surface area contributed by atoms with Crippen molar-refractivity contribution in [1.82, 2.24) is 5.01 Å². The van der Waals surface area contributed by atoms with Crippen LogP contribution in [0.25, 0.3) is 12.2 Å². The maximum atomic E-state index is 13.2. The zero-order valence-electron chi connectivity index (χ0n) is 16.8. The Balaban J connectivity index is 1.48. The number of nitrogens with zero attached hydrogens (tertiary/aromatic N) is 2. The summed E-state index contributed by atoms with van der Waals surface area (Å²) in [5.41, 5.74) is 2.95. The quantitative estimate of drug-likeness (QED) is 0.450. The number of allylic oxidation sites excluding steroid dienone is 1. The number of carbonyl (C=O) groups is 1. The highest BCUT2D eigenvalue weighted by atomic mass is 35.5. The average Bonchev–Trinajstić information content (AvgIpc) is 3.54. The summed E-state index contributed by atoms with van der Waals surface area (Å²) >= 11 is 5.95. The fourth-order valence-electron chi connectivity index (χ4n) is 4.28. The van der Waals surface area contributed by atoms with Gasteiger partial charge in [-0.25, -0.2) is 5.01 Å². The molecule has 6 heteroatoms. The van der Waals surface area contributed by atoms with E-state index in [0.29, 0.717) is 5.02 Å². The molecule has 0 spiro atoms. The van der Waals surface area contributed by atoms with Crippen molar-refractivity contribution < 1.29 is 13.6 Å². The monoisotopic (exact) mass is 432 g/mol. The first-order chi connectivity index (χ1) is 15.2. The predicted octanol–water partition coefficient (Wildman–Crippen LogP) is 6.36. The van der Waals surface area contributed by atoms with Gasteiger partial charge in [-0.3, -0.25) is 4.79 Å². The molecule has 1 saturated carbocycles. The number of hydrogen-bond donors (Lipinski definition) is 0. The normalized spacial score (nSPS) is 22.2. The lowest BCUT2D eigenvalue weighted by atomic mass is 9.79. The molecule has 2 aromatic heterocycles. The number of hydrazone groups is 1. The van der Waals surface area contributed by atoms with Crippen molar-refractivity contribution >= 4 is 35.4 Å². The Labute approximate surface area is 185 Å². The van der Waals surface area contributed by atoms with Gasteiger partial charge in [-0.05, 0) is 78.9 Å². The molecule has 1 fully saturated rings. The van der Waals surface area contributed by atoms with E-state index in [-0.39, 0.29) is 17.9 Å². The van der Waals surface area contributed by atoms with E-state index in [0.717, 1.165) is 47.6 Å². The van der Waals surface area contributed by atoms with Crippen molar-refractivity contribution in [2.45, 2.75) is 25.3 Å². The van der Waals surface area contributed by atoms with Crippen LogP contribution in [0.2, 0.25) is 5.02 Å². The fourth-order valence-corrected chi connectivity index (χ4v) is 4.41. The maximum Gasteiger partial charge on any atom is 0.267 e.